The van der Waals surface area contributed by atoms with Crippen molar-refractivity contribution in [3.8, 4) is 5.88 Å². The zero-order valence-corrected chi connectivity index (χ0v) is 13.1. The van der Waals surface area contributed by atoms with Crippen LogP contribution in [0.5, 0.6) is 5.88 Å². The molecule has 8 heteroatoms. The first kappa shape index (κ1) is 17.0. The average molecular weight is 339 g/mol. The maximum atomic E-state index is 12.5. The molecular formula is C15H15F2N3O2S. The highest BCUT2D eigenvalue weighted by Gasteiger charge is 2.11. The average Bonchev–Trinajstić information content (AvgIpc) is 2.54. The summed E-state index contributed by atoms with van der Waals surface area (Å²) in [4.78, 5) is 16.2. The Morgan fingerprint density at radius 1 is 1.35 bits per heavy atom. The van der Waals surface area contributed by atoms with Crippen LogP contribution in [-0.4, -0.2) is 23.9 Å². The van der Waals surface area contributed by atoms with E-state index >= 15 is 0 Å². The molecule has 2 rings (SSSR count). The number of thioether (sulfide) groups is 1. The van der Waals surface area contributed by atoms with Crippen LogP contribution in [0.15, 0.2) is 47.5 Å². The quantitative estimate of drug-likeness (QED) is 0.787. The second-order valence-corrected chi connectivity index (χ2v) is 5.42. The summed E-state index contributed by atoms with van der Waals surface area (Å²) in [5.41, 5.74) is 1.14. The molecule has 5 nitrogen and oxygen atoms in total. The molecule has 1 aromatic heterocycles. The molecule has 0 aliphatic carbocycles. The highest BCUT2D eigenvalue weighted by atomic mass is 32.2. The minimum atomic E-state index is -2.55. The first-order valence-corrected chi connectivity index (χ1v) is 7.54. The maximum absolute atomic E-state index is 12.5. The number of benzene rings is 1. The van der Waals surface area contributed by atoms with Crippen LogP contribution in [0.25, 0.3) is 0 Å². The number of anilines is 1. The van der Waals surface area contributed by atoms with Crippen molar-refractivity contribution in [2.75, 3.05) is 12.4 Å². The number of para-hydroxylation sites is 1. The molecule has 23 heavy (non-hydrogen) atoms. The highest BCUT2D eigenvalue weighted by Crippen LogP contribution is 2.31. The van der Waals surface area contributed by atoms with Gasteiger partial charge in [0.2, 0.25) is 5.88 Å². The molecule has 0 aliphatic rings. The summed E-state index contributed by atoms with van der Waals surface area (Å²) in [6.07, 6.45) is 1.57. The van der Waals surface area contributed by atoms with Gasteiger partial charge in [0.1, 0.15) is 0 Å². The van der Waals surface area contributed by atoms with Crippen molar-refractivity contribution in [2.45, 2.75) is 17.2 Å². The number of urea groups is 1. The minimum absolute atomic E-state index is 0.259. The number of halogens is 2. The van der Waals surface area contributed by atoms with E-state index in [1.54, 1.807) is 36.5 Å². The fourth-order valence-corrected chi connectivity index (χ4v) is 2.38. The van der Waals surface area contributed by atoms with E-state index in [1.165, 1.54) is 13.2 Å². The summed E-state index contributed by atoms with van der Waals surface area (Å²) in [5, 5.41) is 5.21. The molecule has 0 radical (unpaired) electrons. The highest BCUT2D eigenvalue weighted by molar-refractivity contribution is 7.99. The van der Waals surface area contributed by atoms with Crippen molar-refractivity contribution in [2.24, 2.45) is 0 Å². The molecule has 122 valence electrons. The van der Waals surface area contributed by atoms with Crippen LogP contribution in [0.2, 0.25) is 0 Å². The molecule has 0 fully saturated rings. The fraction of sp³-hybridized carbons (Fsp3) is 0.200. The van der Waals surface area contributed by atoms with E-state index in [0.717, 1.165) is 5.56 Å². The molecule has 0 aliphatic heterocycles. The van der Waals surface area contributed by atoms with Crippen LogP contribution in [0.3, 0.4) is 0 Å². The Morgan fingerprint density at radius 3 is 2.87 bits per heavy atom. The van der Waals surface area contributed by atoms with Gasteiger partial charge in [-0.15, -0.1) is 0 Å². The molecule has 2 amide bonds. The second kappa shape index (κ2) is 8.33. The number of nitrogens with zero attached hydrogens (tertiary/aromatic N) is 1. The third kappa shape index (κ3) is 5.41. The van der Waals surface area contributed by atoms with Gasteiger partial charge in [0.05, 0.1) is 12.8 Å². The first-order chi connectivity index (χ1) is 11.1. The third-order valence-electron chi connectivity index (χ3n) is 2.81. The van der Waals surface area contributed by atoms with E-state index in [0.29, 0.717) is 28.2 Å². The normalized spacial score (nSPS) is 10.4. The fourth-order valence-electron chi connectivity index (χ4n) is 1.79. The zero-order valence-electron chi connectivity index (χ0n) is 12.3. The van der Waals surface area contributed by atoms with Gasteiger partial charge in [-0.2, -0.15) is 8.78 Å². The number of hydrogen-bond donors (Lipinski definition) is 2. The van der Waals surface area contributed by atoms with Gasteiger partial charge < -0.3 is 15.4 Å². The predicted octanol–water partition coefficient (Wildman–Crippen LogP) is 3.73. The number of ether oxygens (including phenoxy) is 1. The van der Waals surface area contributed by atoms with Gasteiger partial charge in [-0.3, -0.25) is 0 Å². The number of nitrogens with one attached hydrogen (secondary N) is 2. The smallest absolute Gasteiger partial charge is 0.319 e. The summed E-state index contributed by atoms with van der Waals surface area (Å²) in [6.45, 7) is 0.259. The monoisotopic (exact) mass is 339 g/mol. The number of amides is 2. The Hall–Kier alpha value is -2.35. The molecule has 2 N–H and O–H groups in total. The van der Waals surface area contributed by atoms with E-state index in [2.05, 4.69) is 15.6 Å². The minimum Gasteiger partial charge on any atom is -0.481 e. The van der Waals surface area contributed by atoms with Crippen molar-refractivity contribution < 1.29 is 18.3 Å². The van der Waals surface area contributed by atoms with E-state index in [4.69, 9.17) is 4.74 Å². The summed E-state index contributed by atoms with van der Waals surface area (Å²) in [7, 11) is 1.50. The number of rotatable bonds is 6. The Labute approximate surface area is 136 Å². The standard InChI is InChI=1S/C15H15F2N3O2S/c1-22-13-8-10(6-7-18-13)9-19-15(21)20-11-4-2-3-5-12(11)23-14(16)17/h2-8,14H,9H2,1H3,(H2,19,20,21). The molecule has 1 heterocycles. The number of aromatic nitrogens is 1. The zero-order chi connectivity index (χ0) is 16.7. The molecule has 1 aromatic carbocycles. The van der Waals surface area contributed by atoms with Gasteiger partial charge in [-0.05, 0) is 23.8 Å². The van der Waals surface area contributed by atoms with E-state index in [1.807, 2.05) is 0 Å². The lowest BCUT2D eigenvalue weighted by molar-refractivity contribution is 0.250. The van der Waals surface area contributed by atoms with Crippen LogP contribution < -0.4 is 15.4 Å². The van der Waals surface area contributed by atoms with Gasteiger partial charge in [0, 0.05) is 23.7 Å². The number of carbonyl (C=O) groups is 1. The topological polar surface area (TPSA) is 63.2 Å². The van der Waals surface area contributed by atoms with Gasteiger partial charge in [0.25, 0.3) is 5.76 Å². The largest absolute Gasteiger partial charge is 0.481 e. The van der Waals surface area contributed by atoms with Gasteiger partial charge in [-0.1, -0.05) is 23.9 Å². The lowest BCUT2D eigenvalue weighted by Crippen LogP contribution is -2.28. The number of methoxy groups -OCH3 is 1. The van der Waals surface area contributed by atoms with Gasteiger partial charge >= 0.3 is 6.03 Å². The number of carbonyl (C=O) groups excluding carboxylic acids is 1. The molecule has 0 saturated heterocycles. The second-order valence-electron chi connectivity index (χ2n) is 4.39. The lowest BCUT2D eigenvalue weighted by atomic mass is 10.2. The molecule has 0 atom stereocenters. The number of pyridine rings is 1. The van der Waals surface area contributed by atoms with Crippen molar-refractivity contribution in [3.05, 3.63) is 48.2 Å². The van der Waals surface area contributed by atoms with Crippen molar-refractivity contribution in [3.63, 3.8) is 0 Å². The van der Waals surface area contributed by atoms with Crippen LogP contribution in [0, 0.1) is 0 Å². The van der Waals surface area contributed by atoms with Crippen molar-refractivity contribution >= 4 is 23.5 Å². The SMILES string of the molecule is COc1cc(CNC(=O)Nc2ccccc2SC(F)F)ccn1. The molecule has 0 bridgehead atoms. The Kier molecular flexibility index (Phi) is 6.16. The first-order valence-electron chi connectivity index (χ1n) is 6.66. The van der Waals surface area contributed by atoms with E-state index in [9.17, 15) is 13.6 Å². The van der Waals surface area contributed by atoms with Crippen LogP contribution >= 0.6 is 11.8 Å². The summed E-state index contributed by atoms with van der Waals surface area (Å²) in [5.74, 6) is -2.10. The van der Waals surface area contributed by atoms with Crippen molar-refractivity contribution in [1.82, 2.24) is 10.3 Å². The van der Waals surface area contributed by atoms with Crippen LogP contribution in [0.1, 0.15) is 5.56 Å². The van der Waals surface area contributed by atoms with Gasteiger partial charge in [-0.25, -0.2) is 9.78 Å². The third-order valence-corrected chi connectivity index (χ3v) is 3.60. The van der Waals surface area contributed by atoms with E-state index in [-0.39, 0.29) is 6.54 Å². The maximum Gasteiger partial charge on any atom is 0.319 e. The van der Waals surface area contributed by atoms with Crippen LogP contribution in [-0.2, 0) is 6.54 Å². The van der Waals surface area contributed by atoms with Crippen molar-refractivity contribution in [1.29, 1.82) is 0 Å². The lowest BCUT2D eigenvalue weighted by Gasteiger charge is -2.11. The number of hydrogen-bond acceptors (Lipinski definition) is 4. The Bertz CT molecular complexity index is 671. The molecule has 0 spiro atoms. The Morgan fingerprint density at radius 2 is 2.13 bits per heavy atom. The number of alkyl halides is 2. The molecule has 0 saturated carbocycles. The predicted molar refractivity (Wildman–Crippen MR) is 85.0 cm³/mol. The van der Waals surface area contributed by atoms with Gasteiger partial charge in [0.15, 0.2) is 0 Å². The van der Waals surface area contributed by atoms with Crippen LogP contribution in [0.4, 0.5) is 19.3 Å². The summed E-state index contributed by atoms with van der Waals surface area (Å²) < 4.78 is 30.0. The Balaban J connectivity index is 1.94. The summed E-state index contributed by atoms with van der Waals surface area (Å²) >= 11 is 0.386. The molecule has 0 unspecified atom stereocenters. The molecule has 2 aromatic rings. The molecular weight excluding hydrogens is 324 g/mol. The van der Waals surface area contributed by atoms with E-state index < -0.39 is 11.8 Å². The summed E-state index contributed by atoms with van der Waals surface area (Å²) in [6, 6.07) is 9.35.